The fraction of sp³-hybridized carbons (Fsp3) is 0.471. The first-order chi connectivity index (χ1) is 21.5. The molecule has 0 saturated carbocycles. The van der Waals surface area contributed by atoms with E-state index in [-0.39, 0.29) is 43.3 Å². The third-order valence-corrected chi connectivity index (χ3v) is 12.5. The van der Waals surface area contributed by atoms with Crippen LogP contribution in [-0.4, -0.2) is 78.4 Å². The largest absolute Gasteiger partial charge is 0.432 e. The summed E-state index contributed by atoms with van der Waals surface area (Å²) in [5.74, 6) is -1.03. The number of anilines is 2. The average molecular weight is 631 g/mol. The maximum atomic E-state index is 14.5. The van der Waals surface area contributed by atoms with Crippen LogP contribution < -0.4 is 9.91 Å². The molecule has 11 heteroatoms. The molecule has 1 spiro atoms. The van der Waals surface area contributed by atoms with E-state index in [1.807, 2.05) is 62.5 Å². The second-order valence-corrected chi connectivity index (χ2v) is 17.1. The number of hydrazone groups is 1. The summed E-state index contributed by atoms with van der Waals surface area (Å²) < 4.78 is 6.84. The fourth-order valence-corrected chi connectivity index (χ4v) is 10.5. The van der Waals surface area contributed by atoms with E-state index in [2.05, 4.69) is 6.58 Å². The lowest BCUT2D eigenvalue weighted by molar-refractivity contribution is -0.149. The highest BCUT2D eigenvalue weighted by molar-refractivity contribution is 6.71. The van der Waals surface area contributed by atoms with E-state index in [0.717, 1.165) is 24.1 Å². The minimum absolute atomic E-state index is 0.00332. The summed E-state index contributed by atoms with van der Waals surface area (Å²) in [5, 5.41) is 16.0. The minimum atomic E-state index is -2.99. The normalized spacial score (nSPS) is 28.2. The number of benzene rings is 2. The molecule has 4 aliphatic rings. The van der Waals surface area contributed by atoms with Gasteiger partial charge in [0.25, 0.3) is 5.91 Å². The van der Waals surface area contributed by atoms with Crippen molar-refractivity contribution in [2.45, 2.75) is 75.4 Å². The van der Waals surface area contributed by atoms with Gasteiger partial charge in [0.05, 0.1) is 42.3 Å². The highest BCUT2D eigenvalue weighted by Gasteiger charge is 2.66. The van der Waals surface area contributed by atoms with Crippen LogP contribution in [0.2, 0.25) is 18.6 Å². The Morgan fingerprint density at radius 1 is 1.18 bits per heavy atom. The smallest absolute Gasteiger partial charge is 0.264 e. The van der Waals surface area contributed by atoms with E-state index in [0.29, 0.717) is 36.3 Å². The molecule has 3 amide bonds. The molecule has 0 bridgehead atoms. The number of nitrogens with zero attached hydrogens (tertiary/aromatic N) is 4. The standard InChI is InChI=1S/C34H42N4O6Si/c1-5-17-37-28-15-13-24(38-30(40)16-14-27(35-38)23-10-7-6-8-11-23)19-26(28)34(33(37)42)22(2)32(45(3,4)43)29(44-34)20-31(41)36-18-9-12-25(36)21-39/h5-8,10-11,13,15,19,22,25,29,32,39,43H,1,9,12,14,16-18,20-21H2,2-4H3/t22-,25+,29+,32-,34+/m1/s1. The summed E-state index contributed by atoms with van der Waals surface area (Å²) in [7, 11) is -2.99. The van der Waals surface area contributed by atoms with E-state index in [1.165, 1.54) is 5.01 Å². The number of amides is 3. The van der Waals surface area contributed by atoms with Gasteiger partial charge < -0.3 is 24.4 Å². The highest BCUT2D eigenvalue weighted by atomic mass is 28.4. The molecule has 4 heterocycles. The van der Waals surface area contributed by atoms with Crippen molar-refractivity contribution in [3.05, 3.63) is 72.3 Å². The summed E-state index contributed by atoms with van der Waals surface area (Å²) in [6.07, 6.45) is 3.35. The van der Waals surface area contributed by atoms with Crippen molar-refractivity contribution in [2.24, 2.45) is 11.0 Å². The van der Waals surface area contributed by atoms with Gasteiger partial charge in [-0.1, -0.05) is 43.3 Å². The summed E-state index contributed by atoms with van der Waals surface area (Å²) in [6.45, 7) is 10.2. The Kier molecular flexibility index (Phi) is 8.32. The Morgan fingerprint density at radius 3 is 2.62 bits per heavy atom. The lowest BCUT2D eigenvalue weighted by Crippen LogP contribution is -2.46. The number of hydrogen-bond acceptors (Lipinski definition) is 7. The van der Waals surface area contributed by atoms with Crippen LogP contribution in [0.3, 0.4) is 0 Å². The van der Waals surface area contributed by atoms with Gasteiger partial charge in [-0.15, -0.1) is 6.58 Å². The molecule has 2 aromatic rings. The number of fused-ring (bicyclic) bond motifs is 2. The number of aliphatic hydroxyl groups excluding tert-OH is 1. The summed E-state index contributed by atoms with van der Waals surface area (Å²) in [6, 6.07) is 15.0. The topological polar surface area (TPSA) is 123 Å². The van der Waals surface area contributed by atoms with Crippen LogP contribution in [0.5, 0.6) is 0 Å². The molecule has 45 heavy (non-hydrogen) atoms. The molecule has 0 aromatic heterocycles. The number of aliphatic hydroxyl groups is 1. The van der Waals surface area contributed by atoms with Crippen LogP contribution >= 0.6 is 0 Å². The third-order valence-electron chi connectivity index (χ3n) is 9.95. The van der Waals surface area contributed by atoms with Crippen LogP contribution in [0, 0.1) is 5.92 Å². The van der Waals surface area contributed by atoms with Gasteiger partial charge in [-0.3, -0.25) is 14.4 Å². The molecule has 6 rings (SSSR count). The van der Waals surface area contributed by atoms with Crippen LogP contribution in [0.1, 0.15) is 50.2 Å². The summed E-state index contributed by atoms with van der Waals surface area (Å²) in [5.41, 5.74) is 1.62. The van der Waals surface area contributed by atoms with Crippen molar-refractivity contribution in [2.75, 3.05) is 29.6 Å². The number of carbonyl (C=O) groups is 3. The van der Waals surface area contributed by atoms with Gasteiger partial charge >= 0.3 is 0 Å². The molecule has 238 valence electrons. The van der Waals surface area contributed by atoms with Gasteiger partial charge in [-0.2, -0.15) is 5.10 Å². The van der Waals surface area contributed by atoms with Crippen molar-refractivity contribution in [3.63, 3.8) is 0 Å². The van der Waals surface area contributed by atoms with Crippen molar-refractivity contribution in [3.8, 4) is 0 Å². The maximum Gasteiger partial charge on any atom is 0.264 e. The van der Waals surface area contributed by atoms with Crippen molar-refractivity contribution in [1.29, 1.82) is 0 Å². The van der Waals surface area contributed by atoms with Crippen LogP contribution in [0.4, 0.5) is 11.4 Å². The van der Waals surface area contributed by atoms with E-state index in [4.69, 9.17) is 9.84 Å². The predicted molar refractivity (Wildman–Crippen MR) is 174 cm³/mol. The van der Waals surface area contributed by atoms with Crippen LogP contribution in [0.25, 0.3) is 0 Å². The fourth-order valence-electron chi connectivity index (χ4n) is 7.94. The second-order valence-electron chi connectivity index (χ2n) is 13.2. The first-order valence-corrected chi connectivity index (χ1v) is 18.9. The number of ether oxygens (including phenoxy) is 1. The quantitative estimate of drug-likeness (QED) is 0.337. The maximum absolute atomic E-state index is 14.5. The monoisotopic (exact) mass is 630 g/mol. The minimum Gasteiger partial charge on any atom is -0.432 e. The first-order valence-electron chi connectivity index (χ1n) is 15.8. The van der Waals surface area contributed by atoms with E-state index in [9.17, 15) is 24.3 Å². The molecule has 2 N–H and O–H groups in total. The molecule has 10 nitrogen and oxygen atoms in total. The van der Waals surface area contributed by atoms with Crippen LogP contribution in [0.15, 0.2) is 66.3 Å². The van der Waals surface area contributed by atoms with Gasteiger partial charge in [0, 0.05) is 43.0 Å². The predicted octanol–water partition coefficient (Wildman–Crippen LogP) is 3.92. The Labute approximate surface area is 265 Å². The second kappa shape index (κ2) is 11.9. The molecule has 0 unspecified atom stereocenters. The molecule has 5 atom stereocenters. The molecule has 4 aliphatic heterocycles. The SMILES string of the molecule is C=CCN1C(=O)[C@@]2(O[C@@H](CC(=O)N3CCC[C@H]3CO)[C@H]([Si](C)(C)O)[C@H]2C)c2cc(N3N=C(c4ccccc4)CCC3=O)ccc21. The van der Waals surface area contributed by atoms with E-state index >= 15 is 0 Å². The Morgan fingerprint density at radius 2 is 1.93 bits per heavy atom. The molecular weight excluding hydrogens is 588 g/mol. The zero-order valence-electron chi connectivity index (χ0n) is 26.2. The zero-order chi connectivity index (χ0) is 32.1. The van der Waals surface area contributed by atoms with Crippen molar-refractivity contribution >= 4 is 43.1 Å². The lowest BCUT2D eigenvalue weighted by atomic mass is 9.82. The average Bonchev–Trinajstić information content (AvgIpc) is 3.68. The molecule has 0 aliphatic carbocycles. The lowest BCUT2D eigenvalue weighted by Gasteiger charge is -2.33. The molecule has 2 aromatic carbocycles. The highest BCUT2D eigenvalue weighted by Crippen LogP contribution is 2.60. The van der Waals surface area contributed by atoms with Crippen molar-refractivity contribution in [1.82, 2.24) is 4.90 Å². The Hall–Kier alpha value is -3.64. The Balaban J connectivity index is 1.42. The number of carbonyl (C=O) groups excluding carboxylic acids is 3. The van der Waals surface area contributed by atoms with Crippen LogP contribution in [-0.2, 0) is 24.7 Å². The van der Waals surface area contributed by atoms with Gasteiger partial charge in [0.2, 0.25) is 11.8 Å². The van der Waals surface area contributed by atoms with Gasteiger partial charge in [-0.25, -0.2) is 5.01 Å². The molecule has 2 fully saturated rings. The van der Waals surface area contributed by atoms with Crippen molar-refractivity contribution < 1.29 is 29.0 Å². The Bertz CT molecular complexity index is 1540. The van der Waals surface area contributed by atoms with E-state index in [1.54, 1.807) is 21.9 Å². The molecule has 2 saturated heterocycles. The number of hydrogen-bond donors (Lipinski definition) is 2. The first kappa shape index (κ1) is 31.3. The molecular formula is C34H42N4O6Si. The molecule has 0 radical (unpaired) electrons. The van der Waals surface area contributed by atoms with Gasteiger partial charge in [0.15, 0.2) is 13.9 Å². The number of likely N-dealkylation sites (tertiary alicyclic amines) is 1. The van der Waals surface area contributed by atoms with Gasteiger partial charge in [-0.05, 0) is 49.7 Å². The summed E-state index contributed by atoms with van der Waals surface area (Å²) in [4.78, 5) is 56.2. The number of rotatable bonds is 8. The third kappa shape index (κ3) is 5.25. The van der Waals surface area contributed by atoms with E-state index < -0.39 is 31.5 Å². The zero-order valence-corrected chi connectivity index (χ0v) is 27.2. The van der Waals surface area contributed by atoms with Gasteiger partial charge in [0.1, 0.15) is 0 Å². The summed E-state index contributed by atoms with van der Waals surface area (Å²) >= 11 is 0.